The van der Waals surface area contributed by atoms with Gasteiger partial charge in [-0.05, 0) is 65.6 Å². The number of ether oxygens (including phenoxy) is 1. The lowest BCUT2D eigenvalue weighted by atomic mass is 9.88. The zero-order chi connectivity index (χ0) is 25.0. The molecule has 0 saturated heterocycles. The molecule has 0 atom stereocenters. The van der Waals surface area contributed by atoms with Crippen molar-refractivity contribution in [2.24, 2.45) is 0 Å². The summed E-state index contributed by atoms with van der Waals surface area (Å²) in [5.74, 6) is 0.962. The van der Waals surface area contributed by atoms with Gasteiger partial charge in [-0.2, -0.15) is 0 Å². The molecule has 0 aliphatic carbocycles. The number of carbonyl (C=O) groups is 1. The Morgan fingerprint density at radius 1 is 0.943 bits per heavy atom. The van der Waals surface area contributed by atoms with E-state index in [4.69, 9.17) is 4.74 Å². The molecule has 0 aliphatic rings. The molecule has 3 rings (SSSR count). The zero-order valence-corrected chi connectivity index (χ0v) is 20.7. The Balaban J connectivity index is 1.76. The standard InChI is InChI=1S/C30H34N2O3/c1-4-28(23-9-6-5-7-10-23)30(24-12-16-26(33)17-13-24)25-14-18-27(19-15-25)35-22-21-32(3)20-8-11-29(34)31-2/h5-19,33H,4,20-22H2,1-3H3,(H,31,34)/b11-8+,30-28-. The molecule has 3 aromatic carbocycles. The molecular weight excluding hydrogens is 436 g/mol. The Morgan fingerprint density at radius 3 is 2.17 bits per heavy atom. The molecular formula is C30H34N2O3. The van der Waals surface area contributed by atoms with Crippen LogP contribution in [0.3, 0.4) is 0 Å². The van der Waals surface area contributed by atoms with Crippen LogP contribution in [0.1, 0.15) is 30.0 Å². The summed E-state index contributed by atoms with van der Waals surface area (Å²) in [6.07, 6.45) is 4.25. The maximum absolute atomic E-state index is 11.3. The summed E-state index contributed by atoms with van der Waals surface area (Å²) < 4.78 is 5.96. The first-order valence-electron chi connectivity index (χ1n) is 11.9. The maximum Gasteiger partial charge on any atom is 0.243 e. The van der Waals surface area contributed by atoms with E-state index in [9.17, 15) is 9.90 Å². The molecule has 35 heavy (non-hydrogen) atoms. The number of aromatic hydroxyl groups is 1. The van der Waals surface area contributed by atoms with Crippen LogP contribution >= 0.6 is 0 Å². The second-order valence-electron chi connectivity index (χ2n) is 8.27. The number of allylic oxidation sites excluding steroid dienone is 1. The van der Waals surface area contributed by atoms with Gasteiger partial charge in [0, 0.05) is 26.2 Å². The highest BCUT2D eigenvalue weighted by Crippen LogP contribution is 2.35. The summed E-state index contributed by atoms with van der Waals surface area (Å²) >= 11 is 0. The lowest BCUT2D eigenvalue weighted by molar-refractivity contribution is -0.116. The summed E-state index contributed by atoms with van der Waals surface area (Å²) in [4.78, 5) is 13.3. The lowest BCUT2D eigenvalue weighted by Crippen LogP contribution is -2.24. The number of hydrogen-bond donors (Lipinski definition) is 2. The van der Waals surface area contributed by atoms with Crippen molar-refractivity contribution < 1.29 is 14.6 Å². The molecule has 0 aliphatic heterocycles. The van der Waals surface area contributed by atoms with Crippen molar-refractivity contribution in [2.45, 2.75) is 13.3 Å². The quantitative estimate of drug-likeness (QED) is 0.292. The van der Waals surface area contributed by atoms with Crippen molar-refractivity contribution in [1.29, 1.82) is 0 Å². The zero-order valence-electron chi connectivity index (χ0n) is 20.7. The van der Waals surface area contributed by atoms with E-state index in [0.717, 1.165) is 35.4 Å². The van der Waals surface area contributed by atoms with Gasteiger partial charge in [0.1, 0.15) is 18.1 Å². The minimum atomic E-state index is -0.103. The number of phenols is 1. The number of nitrogens with one attached hydrogen (secondary N) is 1. The lowest BCUT2D eigenvalue weighted by Gasteiger charge is -2.17. The van der Waals surface area contributed by atoms with E-state index in [-0.39, 0.29) is 11.7 Å². The Kier molecular flexibility index (Phi) is 9.69. The fourth-order valence-corrected chi connectivity index (χ4v) is 3.86. The Labute approximate surface area is 208 Å². The molecule has 1 amide bonds. The second-order valence-corrected chi connectivity index (χ2v) is 8.27. The minimum absolute atomic E-state index is 0.103. The van der Waals surface area contributed by atoms with Gasteiger partial charge in [-0.1, -0.05) is 67.6 Å². The highest BCUT2D eigenvalue weighted by Gasteiger charge is 2.13. The van der Waals surface area contributed by atoms with Crippen LogP contribution in [-0.2, 0) is 4.79 Å². The van der Waals surface area contributed by atoms with Crippen LogP contribution in [0.25, 0.3) is 11.1 Å². The molecule has 0 radical (unpaired) electrons. The van der Waals surface area contributed by atoms with Crippen LogP contribution in [-0.4, -0.2) is 49.7 Å². The van der Waals surface area contributed by atoms with Crippen LogP contribution in [0, 0.1) is 0 Å². The largest absolute Gasteiger partial charge is 0.508 e. The van der Waals surface area contributed by atoms with Crippen LogP contribution in [0.2, 0.25) is 0 Å². The Hall–Kier alpha value is -3.83. The second kappa shape index (κ2) is 13.2. The SMILES string of the molecule is CC/C(=C(\c1ccc(O)cc1)c1ccc(OCCN(C)C/C=C/C(=O)NC)cc1)c1ccccc1. The Morgan fingerprint density at radius 2 is 1.57 bits per heavy atom. The monoisotopic (exact) mass is 470 g/mol. The average molecular weight is 471 g/mol. The predicted molar refractivity (Wildman–Crippen MR) is 143 cm³/mol. The third kappa shape index (κ3) is 7.59. The van der Waals surface area contributed by atoms with Crippen LogP contribution in [0.4, 0.5) is 0 Å². The fourth-order valence-electron chi connectivity index (χ4n) is 3.86. The number of carbonyl (C=O) groups excluding carboxylic acids is 1. The van der Waals surface area contributed by atoms with E-state index < -0.39 is 0 Å². The summed E-state index contributed by atoms with van der Waals surface area (Å²) in [7, 11) is 3.61. The summed E-state index contributed by atoms with van der Waals surface area (Å²) in [6.45, 7) is 4.14. The average Bonchev–Trinajstić information content (AvgIpc) is 2.89. The van der Waals surface area contributed by atoms with Gasteiger partial charge in [0.15, 0.2) is 0 Å². The number of likely N-dealkylation sites (N-methyl/N-ethyl adjacent to an activating group) is 2. The first-order chi connectivity index (χ1) is 17.0. The van der Waals surface area contributed by atoms with E-state index >= 15 is 0 Å². The minimum Gasteiger partial charge on any atom is -0.508 e. The molecule has 0 spiro atoms. The molecule has 2 N–H and O–H groups in total. The van der Waals surface area contributed by atoms with Gasteiger partial charge in [-0.3, -0.25) is 9.69 Å². The number of phenolic OH excluding ortho intramolecular Hbond substituents is 1. The van der Waals surface area contributed by atoms with Gasteiger partial charge in [-0.25, -0.2) is 0 Å². The van der Waals surface area contributed by atoms with Crippen LogP contribution in [0.15, 0.2) is 91.0 Å². The van der Waals surface area contributed by atoms with Gasteiger partial charge in [0.05, 0.1) is 0 Å². The van der Waals surface area contributed by atoms with Gasteiger partial charge in [0.25, 0.3) is 0 Å². The molecule has 182 valence electrons. The van der Waals surface area contributed by atoms with E-state index in [0.29, 0.717) is 13.2 Å². The normalized spacial score (nSPS) is 12.0. The van der Waals surface area contributed by atoms with Crippen molar-refractivity contribution in [2.75, 3.05) is 33.8 Å². The smallest absolute Gasteiger partial charge is 0.243 e. The number of hydrogen-bond acceptors (Lipinski definition) is 4. The van der Waals surface area contributed by atoms with E-state index in [1.54, 1.807) is 19.2 Å². The van der Waals surface area contributed by atoms with Gasteiger partial charge < -0.3 is 15.2 Å². The van der Waals surface area contributed by atoms with Crippen LogP contribution < -0.4 is 10.1 Å². The summed E-state index contributed by atoms with van der Waals surface area (Å²) in [6, 6.07) is 26.0. The maximum atomic E-state index is 11.3. The van der Waals surface area contributed by atoms with Crippen molar-refractivity contribution in [3.05, 3.63) is 108 Å². The first kappa shape index (κ1) is 25.8. The van der Waals surface area contributed by atoms with E-state index in [1.807, 2.05) is 43.5 Å². The molecule has 0 bridgehead atoms. The van der Waals surface area contributed by atoms with Crippen LogP contribution in [0.5, 0.6) is 11.5 Å². The van der Waals surface area contributed by atoms with E-state index in [2.05, 4.69) is 53.5 Å². The van der Waals surface area contributed by atoms with Crippen molar-refractivity contribution in [3.63, 3.8) is 0 Å². The topological polar surface area (TPSA) is 61.8 Å². The molecule has 0 saturated carbocycles. The highest BCUT2D eigenvalue weighted by atomic mass is 16.5. The number of nitrogens with zero attached hydrogens (tertiary/aromatic N) is 1. The third-order valence-corrected chi connectivity index (χ3v) is 5.75. The number of amides is 1. The molecule has 5 heteroatoms. The molecule has 3 aromatic rings. The molecule has 0 aromatic heterocycles. The van der Waals surface area contributed by atoms with Crippen molar-refractivity contribution in [3.8, 4) is 11.5 Å². The van der Waals surface area contributed by atoms with Gasteiger partial charge in [0.2, 0.25) is 5.91 Å². The molecule has 5 nitrogen and oxygen atoms in total. The van der Waals surface area contributed by atoms with Crippen molar-refractivity contribution >= 4 is 17.1 Å². The highest BCUT2D eigenvalue weighted by molar-refractivity contribution is 5.98. The van der Waals surface area contributed by atoms with Gasteiger partial charge >= 0.3 is 0 Å². The summed E-state index contributed by atoms with van der Waals surface area (Å²) in [5, 5.41) is 12.4. The fraction of sp³-hybridized carbons (Fsp3) is 0.233. The first-order valence-corrected chi connectivity index (χ1v) is 11.9. The molecule has 0 heterocycles. The number of rotatable bonds is 11. The predicted octanol–water partition coefficient (Wildman–Crippen LogP) is 5.37. The summed E-state index contributed by atoms with van der Waals surface area (Å²) in [5.41, 5.74) is 5.74. The van der Waals surface area contributed by atoms with Gasteiger partial charge in [-0.15, -0.1) is 0 Å². The number of benzene rings is 3. The molecule has 0 unspecified atom stereocenters. The Bertz CT molecular complexity index is 1130. The van der Waals surface area contributed by atoms with Crippen molar-refractivity contribution in [1.82, 2.24) is 10.2 Å². The van der Waals surface area contributed by atoms with E-state index in [1.165, 1.54) is 17.2 Å². The molecule has 0 fully saturated rings. The third-order valence-electron chi connectivity index (χ3n) is 5.75.